The lowest BCUT2D eigenvalue weighted by molar-refractivity contribution is -0.181. The van der Waals surface area contributed by atoms with Crippen LogP contribution in [0.5, 0.6) is 0 Å². The first-order valence-corrected chi connectivity index (χ1v) is 15.6. The standard InChI is InChI=1S/C34H48N4O2/c1-20-9-12-34(19-38-18-21(2)36-37-38)14-13-33(8)28(27(34)22(20)3)24(39)15-26-31(6)16-23(17-35)29(40)30(4,5)25(31)10-11-32(26,33)7/h15,18,20,22,25,27-28,40H,9-14,16,19H2,1-8H3/t20-,22+,25+,27+,28-,31+,32-,33-,34-/m1/s1. The van der Waals surface area contributed by atoms with Gasteiger partial charge in [-0.15, -0.1) is 5.10 Å². The summed E-state index contributed by atoms with van der Waals surface area (Å²) in [7, 11) is 0. The van der Waals surface area contributed by atoms with Gasteiger partial charge < -0.3 is 5.11 Å². The van der Waals surface area contributed by atoms with Crippen LogP contribution in [0.2, 0.25) is 0 Å². The molecular weight excluding hydrogens is 496 g/mol. The summed E-state index contributed by atoms with van der Waals surface area (Å²) in [5.41, 5.74) is 1.64. The van der Waals surface area contributed by atoms with E-state index in [-0.39, 0.29) is 39.3 Å². The van der Waals surface area contributed by atoms with Crippen LogP contribution in [-0.2, 0) is 11.3 Å². The first-order valence-electron chi connectivity index (χ1n) is 15.6. The lowest BCUT2D eigenvalue weighted by atomic mass is 9.33. The van der Waals surface area contributed by atoms with E-state index in [0.717, 1.165) is 44.3 Å². The highest BCUT2D eigenvalue weighted by Gasteiger charge is 2.70. The number of carbonyl (C=O) groups is 1. The van der Waals surface area contributed by atoms with Crippen molar-refractivity contribution >= 4 is 5.78 Å². The molecule has 0 radical (unpaired) electrons. The molecule has 3 fully saturated rings. The van der Waals surface area contributed by atoms with Crippen LogP contribution in [0.15, 0.2) is 29.2 Å². The van der Waals surface area contributed by atoms with Gasteiger partial charge in [0.1, 0.15) is 5.76 Å². The SMILES string of the molecule is Cc1cn(C[C@]23CC[C@@H](C)[C@H](C)[C@H]2[C@H]2C(=O)C=C4[C@@]5(C)CC(C#N)=C(O)C(C)(C)[C@@H]5CC[C@@]4(C)[C@]2(C)CC3)nn1. The first-order chi connectivity index (χ1) is 18.6. The Morgan fingerprint density at radius 1 is 1.10 bits per heavy atom. The predicted molar refractivity (Wildman–Crippen MR) is 155 cm³/mol. The molecule has 0 unspecified atom stereocenters. The first kappa shape index (κ1) is 27.7. The van der Waals surface area contributed by atoms with Crippen molar-refractivity contribution < 1.29 is 9.90 Å². The fourth-order valence-electron chi connectivity index (χ4n) is 11.4. The quantitative estimate of drug-likeness (QED) is 0.420. The van der Waals surface area contributed by atoms with Crippen molar-refractivity contribution in [3.63, 3.8) is 0 Å². The second-order valence-electron chi connectivity index (χ2n) is 15.9. The third-order valence-electron chi connectivity index (χ3n) is 13.8. The van der Waals surface area contributed by atoms with Gasteiger partial charge in [0.15, 0.2) is 5.78 Å². The number of aryl methyl sites for hydroxylation is 1. The number of nitrogens with zero attached hydrogens (tertiary/aromatic N) is 4. The van der Waals surface area contributed by atoms with Gasteiger partial charge in [-0.2, -0.15) is 5.26 Å². The minimum Gasteiger partial charge on any atom is -0.511 e. The van der Waals surface area contributed by atoms with Crippen LogP contribution in [0.1, 0.15) is 99.1 Å². The predicted octanol–water partition coefficient (Wildman–Crippen LogP) is 7.37. The number of fused-ring (bicyclic) bond motifs is 7. The highest BCUT2D eigenvalue weighted by Crippen LogP contribution is 2.75. The molecule has 5 aliphatic carbocycles. The summed E-state index contributed by atoms with van der Waals surface area (Å²) in [5, 5.41) is 29.9. The molecule has 3 saturated carbocycles. The highest BCUT2D eigenvalue weighted by atomic mass is 16.3. The third kappa shape index (κ3) is 3.36. The van der Waals surface area contributed by atoms with Crippen molar-refractivity contribution in [3.8, 4) is 6.07 Å². The average Bonchev–Trinajstić information content (AvgIpc) is 3.30. The number of ketones is 1. The maximum Gasteiger partial charge on any atom is 0.159 e. The lowest BCUT2D eigenvalue weighted by Crippen LogP contribution is -2.65. The van der Waals surface area contributed by atoms with Gasteiger partial charge in [0, 0.05) is 24.1 Å². The van der Waals surface area contributed by atoms with E-state index in [9.17, 15) is 15.2 Å². The van der Waals surface area contributed by atoms with Crippen molar-refractivity contribution in [1.82, 2.24) is 15.0 Å². The molecule has 1 heterocycles. The second-order valence-corrected chi connectivity index (χ2v) is 15.9. The van der Waals surface area contributed by atoms with Crippen LogP contribution < -0.4 is 0 Å². The van der Waals surface area contributed by atoms with Gasteiger partial charge in [-0.25, -0.2) is 0 Å². The summed E-state index contributed by atoms with van der Waals surface area (Å²) < 4.78 is 2.04. The third-order valence-corrected chi connectivity index (χ3v) is 13.8. The van der Waals surface area contributed by atoms with E-state index in [1.54, 1.807) is 0 Å². The molecule has 0 bridgehead atoms. The summed E-state index contributed by atoms with van der Waals surface area (Å²) in [6.45, 7) is 19.0. The zero-order valence-electron chi connectivity index (χ0n) is 25.8. The molecule has 1 N–H and O–H groups in total. The summed E-state index contributed by atoms with van der Waals surface area (Å²) >= 11 is 0. The average molecular weight is 545 g/mol. The second kappa shape index (κ2) is 8.55. The van der Waals surface area contributed by atoms with Gasteiger partial charge in [0.05, 0.1) is 17.3 Å². The van der Waals surface area contributed by atoms with Crippen LogP contribution in [0.4, 0.5) is 0 Å². The Bertz CT molecular complexity index is 1360. The maximum absolute atomic E-state index is 14.7. The summed E-state index contributed by atoms with van der Waals surface area (Å²) in [5.74, 6) is 2.07. The van der Waals surface area contributed by atoms with Crippen molar-refractivity contribution in [1.29, 1.82) is 5.26 Å². The van der Waals surface area contributed by atoms with E-state index in [1.807, 2.05) is 11.6 Å². The van der Waals surface area contributed by atoms with Crippen LogP contribution in [0, 0.1) is 74.9 Å². The van der Waals surface area contributed by atoms with Gasteiger partial charge in [-0.1, -0.05) is 59.3 Å². The molecule has 6 rings (SSSR count). The van der Waals surface area contributed by atoms with Crippen LogP contribution in [-0.4, -0.2) is 25.9 Å². The highest BCUT2D eigenvalue weighted by molar-refractivity contribution is 5.95. The maximum atomic E-state index is 14.7. The van der Waals surface area contributed by atoms with Crippen molar-refractivity contribution in [3.05, 3.63) is 34.9 Å². The number of aromatic nitrogens is 3. The van der Waals surface area contributed by atoms with Gasteiger partial charge >= 0.3 is 0 Å². The molecule has 0 aromatic carbocycles. The van der Waals surface area contributed by atoms with Crippen molar-refractivity contribution in [2.24, 2.45) is 56.7 Å². The Labute approximate surface area is 240 Å². The summed E-state index contributed by atoms with van der Waals surface area (Å²) in [6.07, 6.45) is 11.1. The van der Waals surface area contributed by atoms with E-state index in [1.165, 1.54) is 12.0 Å². The number of hydrogen-bond donors (Lipinski definition) is 1. The Morgan fingerprint density at radius 3 is 2.48 bits per heavy atom. The number of nitriles is 1. The molecule has 6 nitrogen and oxygen atoms in total. The van der Waals surface area contributed by atoms with E-state index >= 15 is 0 Å². The number of carbonyl (C=O) groups excluding carboxylic acids is 1. The molecule has 40 heavy (non-hydrogen) atoms. The van der Waals surface area contributed by atoms with Crippen molar-refractivity contribution in [2.75, 3.05) is 0 Å². The molecule has 1 aromatic rings. The molecule has 5 aliphatic rings. The number of hydrogen-bond acceptors (Lipinski definition) is 5. The van der Waals surface area contributed by atoms with Gasteiger partial charge in [-0.3, -0.25) is 9.48 Å². The van der Waals surface area contributed by atoms with E-state index < -0.39 is 5.41 Å². The molecule has 6 heteroatoms. The van der Waals surface area contributed by atoms with Crippen molar-refractivity contribution in [2.45, 2.75) is 107 Å². The molecule has 0 amide bonds. The topological polar surface area (TPSA) is 91.8 Å². The monoisotopic (exact) mass is 544 g/mol. The van der Waals surface area contributed by atoms with Gasteiger partial charge in [0.2, 0.25) is 0 Å². The van der Waals surface area contributed by atoms with E-state index in [2.05, 4.69) is 77.1 Å². The smallest absolute Gasteiger partial charge is 0.159 e. The normalized spacial score (nSPS) is 45.9. The molecule has 1 aromatic heterocycles. The lowest BCUT2D eigenvalue weighted by Gasteiger charge is -2.70. The van der Waals surface area contributed by atoms with Crippen LogP contribution in [0.25, 0.3) is 0 Å². The molecule has 0 aliphatic heterocycles. The van der Waals surface area contributed by atoms with Gasteiger partial charge in [-0.05, 0) is 103 Å². The fraction of sp³-hybridized carbons (Fsp3) is 0.765. The largest absolute Gasteiger partial charge is 0.511 e. The zero-order chi connectivity index (χ0) is 29.0. The molecule has 216 valence electrons. The Hall–Kier alpha value is -2.42. The Kier molecular flexibility index (Phi) is 5.93. The number of rotatable bonds is 2. The van der Waals surface area contributed by atoms with E-state index in [0.29, 0.717) is 35.5 Å². The van der Waals surface area contributed by atoms with Crippen LogP contribution >= 0.6 is 0 Å². The molecule has 0 saturated heterocycles. The number of aliphatic hydroxyl groups excluding tert-OH is 1. The Morgan fingerprint density at radius 2 is 1.82 bits per heavy atom. The Balaban J connectivity index is 1.49. The molecule has 9 atom stereocenters. The van der Waals surface area contributed by atoms with Crippen LogP contribution in [0.3, 0.4) is 0 Å². The summed E-state index contributed by atoms with van der Waals surface area (Å²) in [6, 6.07) is 2.33. The molecular formula is C34H48N4O2. The van der Waals surface area contributed by atoms with E-state index in [4.69, 9.17) is 0 Å². The zero-order valence-corrected chi connectivity index (χ0v) is 25.8. The molecule has 0 spiro atoms. The minimum atomic E-state index is -0.494. The number of allylic oxidation sites excluding steroid dienone is 4. The minimum absolute atomic E-state index is 0.0199. The fourth-order valence-corrected chi connectivity index (χ4v) is 11.4. The van der Waals surface area contributed by atoms with Gasteiger partial charge in [0.25, 0.3) is 0 Å². The summed E-state index contributed by atoms with van der Waals surface area (Å²) in [4.78, 5) is 14.7. The number of aliphatic hydroxyl groups is 1.